The van der Waals surface area contributed by atoms with E-state index in [4.69, 9.17) is 0 Å². The Bertz CT molecular complexity index is 454. The number of nitrogens with one attached hydrogen (secondary N) is 1. The molecule has 2 aliphatic rings. The van der Waals surface area contributed by atoms with Crippen molar-refractivity contribution in [1.82, 2.24) is 20.2 Å². The van der Waals surface area contributed by atoms with Crippen molar-refractivity contribution in [2.24, 2.45) is 11.8 Å². The van der Waals surface area contributed by atoms with Gasteiger partial charge in [-0.15, -0.1) is 0 Å². The fourth-order valence-corrected chi connectivity index (χ4v) is 2.76. The van der Waals surface area contributed by atoms with Crippen molar-refractivity contribution in [2.75, 3.05) is 44.2 Å². The first-order valence-corrected chi connectivity index (χ1v) is 7.26. The van der Waals surface area contributed by atoms with Gasteiger partial charge in [-0.2, -0.15) is 0 Å². The standard InChI is InChI=1S/C14H21N5O/c1-11(12-8-16-9-12)14(20)19-6-4-18(5-7-19)13-10-15-2-3-17-13/h2-3,10-12,16H,4-9H2,1H3. The maximum absolute atomic E-state index is 12.4. The molecular weight excluding hydrogens is 254 g/mol. The first kappa shape index (κ1) is 13.3. The van der Waals surface area contributed by atoms with E-state index in [0.29, 0.717) is 11.8 Å². The number of carbonyl (C=O) groups is 1. The Kier molecular flexibility index (Phi) is 3.82. The minimum Gasteiger partial charge on any atom is -0.352 e. The Hall–Kier alpha value is -1.69. The highest BCUT2D eigenvalue weighted by Crippen LogP contribution is 2.20. The van der Waals surface area contributed by atoms with Gasteiger partial charge in [-0.25, -0.2) is 4.98 Å². The second kappa shape index (κ2) is 5.75. The molecule has 3 rings (SSSR count). The third-order valence-electron chi connectivity index (χ3n) is 4.37. The average molecular weight is 275 g/mol. The van der Waals surface area contributed by atoms with Crippen LogP contribution in [0, 0.1) is 11.8 Å². The van der Waals surface area contributed by atoms with Gasteiger partial charge < -0.3 is 15.1 Å². The summed E-state index contributed by atoms with van der Waals surface area (Å²) in [7, 11) is 0. The number of amides is 1. The molecule has 108 valence electrons. The molecule has 0 radical (unpaired) electrons. The summed E-state index contributed by atoms with van der Waals surface area (Å²) in [6, 6.07) is 0. The molecule has 2 saturated heterocycles. The van der Waals surface area contributed by atoms with Gasteiger partial charge in [0, 0.05) is 44.5 Å². The van der Waals surface area contributed by atoms with Crippen molar-refractivity contribution in [3.8, 4) is 0 Å². The molecular formula is C14H21N5O. The third-order valence-corrected chi connectivity index (χ3v) is 4.37. The quantitative estimate of drug-likeness (QED) is 0.840. The van der Waals surface area contributed by atoms with E-state index in [-0.39, 0.29) is 5.92 Å². The van der Waals surface area contributed by atoms with Crippen molar-refractivity contribution in [2.45, 2.75) is 6.92 Å². The van der Waals surface area contributed by atoms with Gasteiger partial charge >= 0.3 is 0 Å². The zero-order valence-corrected chi connectivity index (χ0v) is 11.8. The molecule has 6 heteroatoms. The highest BCUT2D eigenvalue weighted by Gasteiger charge is 2.32. The smallest absolute Gasteiger partial charge is 0.225 e. The Labute approximate surface area is 119 Å². The molecule has 6 nitrogen and oxygen atoms in total. The number of piperazine rings is 1. The maximum atomic E-state index is 12.4. The molecule has 0 saturated carbocycles. The molecule has 1 aromatic rings. The molecule has 1 N–H and O–H groups in total. The van der Waals surface area contributed by atoms with E-state index in [0.717, 1.165) is 45.1 Å². The summed E-state index contributed by atoms with van der Waals surface area (Å²) < 4.78 is 0. The van der Waals surface area contributed by atoms with Gasteiger partial charge in [0.1, 0.15) is 5.82 Å². The van der Waals surface area contributed by atoms with E-state index in [1.54, 1.807) is 18.6 Å². The van der Waals surface area contributed by atoms with E-state index in [2.05, 4.69) is 27.1 Å². The Morgan fingerprint density at radius 3 is 2.60 bits per heavy atom. The Morgan fingerprint density at radius 2 is 2.05 bits per heavy atom. The second-order valence-corrected chi connectivity index (χ2v) is 5.58. The van der Waals surface area contributed by atoms with Crippen LogP contribution in [0.2, 0.25) is 0 Å². The molecule has 1 atom stereocenters. The molecule has 2 aliphatic heterocycles. The van der Waals surface area contributed by atoms with Gasteiger partial charge in [0.25, 0.3) is 0 Å². The number of rotatable bonds is 3. The minimum absolute atomic E-state index is 0.138. The fourth-order valence-electron chi connectivity index (χ4n) is 2.76. The van der Waals surface area contributed by atoms with Gasteiger partial charge in [-0.05, 0) is 19.0 Å². The normalized spacial score (nSPS) is 21.4. The van der Waals surface area contributed by atoms with Crippen molar-refractivity contribution in [1.29, 1.82) is 0 Å². The van der Waals surface area contributed by atoms with Crippen molar-refractivity contribution >= 4 is 11.7 Å². The highest BCUT2D eigenvalue weighted by molar-refractivity contribution is 5.79. The van der Waals surface area contributed by atoms with Crippen LogP contribution in [0.1, 0.15) is 6.92 Å². The summed E-state index contributed by atoms with van der Waals surface area (Å²) in [5.74, 6) is 1.85. The van der Waals surface area contributed by atoms with E-state index in [9.17, 15) is 4.79 Å². The van der Waals surface area contributed by atoms with E-state index < -0.39 is 0 Å². The second-order valence-electron chi connectivity index (χ2n) is 5.58. The molecule has 0 bridgehead atoms. The predicted octanol–water partition coefficient (Wildman–Crippen LogP) is -0.0193. The lowest BCUT2D eigenvalue weighted by Gasteiger charge is -2.39. The predicted molar refractivity (Wildman–Crippen MR) is 76.3 cm³/mol. The fraction of sp³-hybridized carbons (Fsp3) is 0.643. The van der Waals surface area contributed by atoms with Crippen LogP contribution in [0.25, 0.3) is 0 Å². The van der Waals surface area contributed by atoms with Crippen LogP contribution in [-0.2, 0) is 4.79 Å². The summed E-state index contributed by atoms with van der Waals surface area (Å²) in [6.45, 7) is 7.24. The lowest BCUT2D eigenvalue weighted by Crippen LogP contribution is -2.54. The molecule has 0 aliphatic carbocycles. The average Bonchev–Trinajstić information content (AvgIpc) is 2.46. The highest BCUT2D eigenvalue weighted by atomic mass is 16.2. The van der Waals surface area contributed by atoms with Crippen LogP contribution in [-0.4, -0.2) is 60.0 Å². The molecule has 2 fully saturated rings. The summed E-state index contributed by atoms with van der Waals surface area (Å²) in [5, 5.41) is 3.23. The van der Waals surface area contributed by atoms with E-state index in [1.807, 2.05) is 4.90 Å². The van der Waals surface area contributed by atoms with Crippen LogP contribution in [0.15, 0.2) is 18.6 Å². The molecule has 20 heavy (non-hydrogen) atoms. The van der Waals surface area contributed by atoms with Crippen LogP contribution in [0.4, 0.5) is 5.82 Å². The minimum atomic E-state index is 0.138. The van der Waals surface area contributed by atoms with Crippen molar-refractivity contribution in [3.63, 3.8) is 0 Å². The first-order valence-electron chi connectivity index (χ1n) is 7.26. The van der Waals surface area contributed by atoms with Crippen LogP contribution >= 0.6 is 0 Å². The number of anilines is 1. The molecule has 0 aromatic carbocycles. The first-order chi connectivity index (χ1) is 9.75. The number of aromatic nitrogens is 2. The SMILES string of the molecule is CC(C(=O)N1CCN(c2cnccn2)CC1)C1CNC1. The topological polar surface area (TPSA) is 61.4 Å². The molecule has 1 unspecified atom stereocenters. The number of hydrogen-bond donors (Lipinski definition) is 1. The zero-order valence-electron chi connectivity index (χ0n) is 11.8. The lowest BCUT2D eigenvalue weighted by molar-refractivity contribution is -0.137. The van der Waals surface area contributed by atoms with E-state index >= 15 is 0 Å². The van der Waals surface area contributed by atoms with Gasteiger partial charge in [0.2, 0.25) is 5.91 Å². The largest absolute Gasteiger partial charge is 0.352 e. The zero-order chi connectivity index (χ0) is 13.9. The van der Waals surface area contributed by atoms with Crippen LogP contribution in [0.3, 0.4) is 0 Å². The Balaban J connectivity index is 1.54. The lowest BCUT2D eigenvalue weighted by atomic mass is 9.88. The monoisotopic (exact) mass is 275 g/mol. The molecule has 0 spiro atoms. The van der Waals surface area contributed by atoms with Gasteiger partial charge in [0.05, 0.1) is 6.20 Å². The Morgan fingerprint density at radius 1 is 1.30 bits per heavy atom. The third kappa shape index (κ3) is 2.60. The van der Waals surface area contributed by atoms with Crippen LogP contribution < -0.4 is 10.2 Å². The maximum Gasteiger partial charge on any atom is 0.225 e. The van der Waals surface area contributed by atoms with Crippen LogP contribution in [0.5, 0.6) is 0 Å². The molecule has 1 aromatic heterocycles. The van der Waals surface area contributed by atoms with Gasteiger partial charge in [-0.3, -0.25) is 9.78 Å². The molecule has 1 amide bonds. The number of hydrogen-bond acceptors (Lipinski definition) is 5. The summed E-state index contributed by atoms with van der Waals surface area (Å²) in [4.78, 5) is 25.0. The number of nitrogens with zero attached hydrogens (tertiary/aromatic N) is 4. The summed E-state index contributed by atoms with van der Waals surface area (Å²) in [6.07, 6.45) is 5.16. The van der Waals surface area contributed by atoms with Gasteiger partial charge in [0.15, 0.2) is 0 Å². The van der Waals surface area contributed by atoms with Gasteiger partial charge in [-0.1, -0.05) is 6.92 Å². The summed E-state index contributed by atoms with van der Waals surface area (Å²) in [5.41, 5.74) is 0. The van der Waals surface area contributed by atoms with Crippen molar-refractivity contribution < 1.29 is 4.79 Å². The van der Waals surface area contributed by atoms with Crippen molar-refractivity contribution in [3.05, 3.63) is 18.6 Å². The van der Waals surface area contributed by atoms with E-state index in [1.165, 1.54) is 0 Å². The number of carbonyl (C=O) groups excluding carboxylic acids is 1. The summed E-state index contributed by atoms with van der Waals surface area (Å²) >= 11 is 0. The molecule has 3 heterocycles.